The summed E-state index contributed by atoms with van der Waals surface area (Å²) in [5, 5.41) is 9.00. The highest BCUT2D eigenvalue weighted by atomic mass is 32.2. The van der Waals surface area contributed by atoms with Crippen molar-refractivity contribution in [1.82, 2.24) is 4.90 Å². The molecule has 0 saturated carbocycles. The Morgan fingerprint density at radius 2 is 2.35 bits per heavy atom. The molecule has 2 fully saturated rings. The van der Waals surface area contributed by atoms with Crippen LogP contribution >= 0.6 is 11.8 Å². The Kier molecular flexibility index (Phi) is 4.36. The maximum atomic E-state index is 12.5. The normalized spacial score (nSPS) is 34.0. The van der Waals surface area contributed by atoms with E-state index in [1.807, 2.05) is 16.7 Å². The second-order valence-corrected chi connectivity index (χ2v) is 7.05. The Bertz CT molecular complexity index is 275. The first kappa shape index (κ1) is 13.2. The molecule has 2 unspecified atom stereocenters. The van der Waals surface area contributed by atoms with E-state index in [2.05, 4.69) is 6.92 Å². The molecule has 0 aromatic carbocycles. The Morgan fingerprint density at radius 1 is 1.53 bits per heavy atom. The van der Waals surface area contributed by atoms with Crippen LogP contribution in [0.25, 0.3) is 0 Å². The van der Waals surface area contributed by atoms with E-state index in [-0.39, 0.29) is 11.4 Å². The average molecular weight is 257 g/mol. The van der Waals surface area contributed by atoms with Crippen LogP contribution < -0.4 is 0 Å². The summed E-state index contributed by atoms with van der Waals surface area (Å²) in [5.74, 6) is 1.96. The van der Waals surface area contributed by atoms with Crippen molar-refractivity contribution in [1.29, 1.82) is 0 Å². The Hall–Kier alpha value is -0.220. The Labute approximate surface area is 108 Å². The Balaban J connectivity index is 1.94. The monoisotopic (exact) mass is 257 g/mol. The van der Waals surface area contributed by atoms with Gasteiger partial charge >= 0.3 is 0 Å². The predicted octanol–water partition coefficient (Wildman–Crippen LogP) is 1.89. The number of rotatable bonds is 3. The number of aliphatic hydroxyl groups is 1. The summed E-state index contributed by atoms with van der Waals surface area (Å²) in [7, 11) is 0. The number of hydrogen-bond donors (Lipinski definition) is 1. The lowest BCUT2D eigenvalue weighted by Gasteiger charge is -2.37. The van der Waals surface area contributed by atoms with Crippen LogP contribution in [0.5, 0.6) is 0 Å². The highest BCUT2D eigenvalue weighted by molar-refractivity contribution is 8.01. The van der Waals surface area contributed by atoms with Crippen molar-refractivity contribution in [2.75, 3.05) is 25.4 Å². The summed E-state index contributed by atoms with van der Waals surface area (Å²) < 4.78 is -0.166. The third kappa shape index (κ3) is 2.97. The van der Waals surface area contributed by atoms with Crippen molar-refractivity contribution >= 4 is 17.7 Å². The van der Waals surface area contributed by atoms with Crippen LogP contribution in [0.3, 0.4) is 0 Å². The fourth-order valence-electron chi connectivity index (χ4n) is 2.95. The van der Waals surface area contributed by atoms with E-state index in [1.165, 1.54) is 6.42 Å². The first-order valence-electron chi connectivity index (χ1n) is 6.70. The number of amides is 1. The molecule has 4 heteroatoms. The van der Waals surface area contributed by atoms with Gasteiger partial charge in [0.05, 0.1) is 4.75 Å². The minimum atomic E-state index is -0.166. The van der Waals surface area contributed by atoms with Gasteiger partial charge in [-0.05, 0) is 50.7 Å². The molecule has 2 aliphatic heterocycles. The van der Waals surface area contributed by atoms with Crippen LogP contribution in [0, 0.1) is 5.92 Å². The van der Waals surface area contributed by atoms with Gasteiger partial charge in [-0.2, -0.15) is 0 Å². The summed E-state index contributed by atoms with van der Waals surface area (Å²) in [6.45, 7) is 4.12. The van der Waals surface area contributed by atoms with Crippen LogP contribution in [0.2, 0.25) is 0 Å². The molecular weight excluding hydrogens is 234 g/mol. The standard InChI is InChI=1S/C13H23NO2S/c1-13(6-3-9-17-13)12(16)14-7-2-4-11(10-14)5-8-15/h11,15H,2-10H2,1H3. The minimum Gasteiger partial charge on any atom is -0.396 e. The van der Waals surface area contributed by atoms with Gasteiger partial charge in [0.15, 0.2) is 0 Å². The van der Waals surface area contributed by atoms with E-state index >= 15 is 0 Å². The molecule has 3 nitrogen and oxygen atoms in total. The molecule has 0 bridgehead atoms. The fourth-order valence-corrected chi connectivity index (χ4v) is 4.23. The van der Waals surface area contributed by atoms with Gasteiger partial charge in [0.2, 0.25) is 5.91 Å². The zero-order chi connectivity index (χ0) is 12.3. The number of aliphatic hydroxyl groups excluding tert-OH is 1. The highest BCUT2D eigenvalue weighted by Crippen LogP contribution is 2.39. The lowest BCUT2D eigenvalue weighted by Crippen LogP contribution is -2.48. The van der Waals surface area contributed by atoms with Gasteiger partial charge in [0.25, 0.3) is 0 Å². The first-order chi connectivity index (χ1) is 8.15. The second-order valence-electron chi connectivity index (χ2n) is 5.45. The molecule has 0 spiro atoms. The third-order valence-electron chi connectivity index (χ3n) is 4.01. The topological polar surface area (TPSA) is 40.5 Å². The second kappa shape index (κ2) is 5.61. The third-order valence-corrected chi connectivity index (χ3v) is 5.52. The fraction of sp³-hybridized carbons (Fsp3) is 0.923. The smallest absolute Gasteiger partial charge is 0.238 e. The molecule has 2 rings (SSSR count). The molecule has 1 N–H and O–H groups in total. The molecular formula is C13H23NO2S. The number of carbonyl (C=O) groups excluding carboxylic acids is 1. The minimum absolute atomic E-state index is 0.166. The van der Waals surface area contributed by atoms with Crippen molar-refractivity contribution in [3.05, 3.63) is 0 Å². The molecule has 0 aromatic heterocycles. The average Bonchev–Trinajstić information content (AvgIpc) is 2.77. The van der Waals surface area contributed by atoms with Gasteiger partial charge in [0, 0.05) is 19.7 Å². The summed E-state index contributed by atoms with van der Waals surface area (Å²) in [5.41, 5.74) is 0. The van der Waals surface area contributed by atoms with E-state index < -0.39 is 0 Å². The number of nitrogens with zero attached hydrogens (tertiary/aromatic N) is 1. The molecule has 1 amide bonds. The van der Waals surface area contributed by atoms with Gasteiger partial charge in [0.1, 0.15) is 0 Å². The molecule has 0 aromatic rings. The van der Waals surface area contributed by atoms with Crippen molar-refractivity contribution in [2.24, 2.45) is 5.92 Å². The van der Waals surface area contributed by atoms with Crippen molar-refractivity contribution < 1.29 is 9.90 Å². The molecule has 2 heterocycles. The number of carbonyl (C=O) groups is 1. The van der Waals surface area contributed by atoms with Crippen LogP contribution in [0.15, 0.2) is 0 Å². The predicted molar refractivity (Wildman–Crippen MR) is 71.1 cm³/mol. The SMILES string of the molecule is CC1(C(=O)N2CCCC(CCO)C2)CCCS1. The molecule has 2 atom stereocenters. The molecule has 0 aliphatic carbocycles. The van der Waals surface area contributed by atoms with E-state index in [1.54, 1.807) is 0 Å². The van der Waals surface area contributed by atoms with Crippen LogP contribution in [0.1, 0.15) is 39.0 Å². The van der Waals surface area contributed by atoms with Gasteiger partial charge in [-0.25, -0.2) is 0 Å². The maximum absolute atomic E-state index is 12.5. The van der Waals surface area contributed by atoms with Crippen LogP contribution in [-0.2, 0) is 4.79 Å². The first-order valence-corrected chi connectivity index (χ1v) is 7.68. The molecule has 0 radical (unpaired) electrons. The summed E-state index contributed by atoms with van der Waals surface area (Å²) in [6, 6.07) is 0. The number of hydrogen-bond acceptors (Lipinski definition) is 3. The number of thioether (sulfide) groups is 1. The van der Waals surface area contributed by atoms with E-state index in [0.717, 1.165) is 44.5 Å². The quantitative estimate of drug-likeness (QED) is 0.839. The van der Waals surface area contributed by atoms with Crippen molar-refractivity contribution in [3.63, 3.8) is 0 Å². The van der Waals surface area contributed by atoms with Gasteiger partial charge in [-0.3, -0.25) is 4.79 Å². The lowest BCUT2D eigenvalue weighted by atomic mass is 9.93. The maximum Gasteiger partial charge on any atom is 0.238 e. The molecule has 2 aliphatic rings. The Morgan fingerprint density at radius 3 is 3.00 bits per heavy atom. The lowest BCUT2D eigenvalue weighted by molar-refractivity contribution is -0.135. The zero-order valence-corrected chi connectivity index (χ0v) is 11.5. The van der Waals surface area contributed by atoms with Gasteiger partial charge in [-0.15, -0.1) is 11.8 Å². The summed E-state index contributed by atoms with van der Waals surface area (Å²) in [4.78, 5) is 14.6. The van der Waals surface area contributed by atoms with Gasteiger partial charge in [-0.1, -0.05) is 0 Å². The molecule has 2 saturated heterocycles. The van der Waals surface area contributed by atoms with Gasteiger partial charge < -0.3 is 10.0 Å². The zero-order valence-electron chi connectivity index (χ0n) is 10.7. The van der Waals surface area contributed by atoms with Crippen LogP contribution in [-0.4, -0.2) is 46.1 Å². The number of piperidine rings is 1. The van der Waals surface area contributed by atoms with Crippen molar-refractivity contribution in [3.8, 4) is 0 Å². The van der Waals surface area contributed by atoms with E-state index in [9.17, 15) is 4.79 Å². The van der Waals surface area contributed by atoms with Crippen molar-refractivity contribution in [2.45, 2.75) is 43.8 Å². The highest BCUT2D eigenvalue weighted by Gasteiger charge is 2.40. The molecule has 98 valence electrons. The van der Waals surface area contributed by atoms with E-state index in [0.29, 0.717) is 11.8 Å². The van der Waals surface area contributed by atoms with E-state index in [4.69, 9.17) is 5.11 Å². The summed E-state index contributed by atoms with van der Waals surface area (Å²) in [6.07, 6.45) is 5.29. The molecule has 17 heavy (non-hydrogen) atoms. The van der Waals surface area contributed by atoms with Crippen LogP contribution in [0.4, 0.5) is 0 Å². The summed E-state index contributed by atoms with van der Waals surface area (Å²) >= 11 is 1.82. The largest absolute Gasteiger partial charge is 0.396 e. The number of likely N-dealkylation sites (tertiary alicyclic amines) is 1.